The van der Waals surface area contributed by atoms with E-state index >= 15 is 0 Å². The van der Waals surface area contributed by atoms with Gasteiger partial charge in [-0.3, -0.25) is 19.2 Å². The van der Waals surface area contributed by atoms with E-state index in [-0.39, 0.29) is 28.4 Å². The number of likely N-dealkylation sites (tertiary alicyclic amines) is 1. The van der Waals surface area contributed by atoms with Crippen LogP contribution in [0.25, 0.3) is 11.0 Å². The maximum Gasteiger partial charge on any atom is 0.291 e. The van der Waals surface area contributed by atoms with Crippen LogP contribution in [0.5, 0.6) is 0 Å². The molecule has 4 rings (SSSR count). The molecule has 1 aromatic carbocycles. The largest absolute Gasteiger partial charge is 0.451 e. The number of fused-ring (bicyclic) bond motifs is 1. The summed E-state index contributed by atoms with van der Waals surface area (Å²) in [6.07, 6.45) is 5.55. The lowest BCUT2D eigenvalue weighted by atomic mass is 10.2. The van der Waals surface area contributed by atoms with Crippen molar-refractivity contribution in [1.29, 1.82) is 0 Å². The Balaban J connectivity index is 1.64. The van der Waals surface area contributed by atoms with Gasteiger partial charge in [-0.2, -0.15) is 0 Å². The highest BCUT2D eigenvalue weighted by Gasteiger charge is 2.21. The summed E-state index contributed by atoms with van der Waals surface area (Å²) in [5.74, 6) is -1.13. The zero-order valence-electron chi connectivity index (χ0n) is 17.2. The number of nitrogens with zero attached hydrogens (tertiary/aromatic N) is 2. The zero-order valence-corrected chi connectivity index (χ0v) is 17.2. The number of hydrogen-bond donors (Lipinski definition) is 1. The van der Waals surface area contributed by atoms with Crippen LogP contribution in [0, 0.1) is 0 Å². The van der Waals surface area contributed by atoms with Crippen LogP contribution in [-0.2, 0) is 7.05 Å². The number of anilines is 1. The summed E-state index contributed by atoms with van der Waals surface area (Å²) < 4.78 is 6.80. The Labute approximate surface area is 178 Å². The minimum atomic E-state index is -0.737. The second-order valence-corrected chi connectivity index (χ2v) is 7.69. The van der Waals surface area contributed by atoms with E-state index in [4.69, 9.17) is 4.42 Å². The first kappa shape index (κ1) is 20.6. The maximum atomic E-state index is 13.0. The fourth-order valence-electron chi connectivity index (χ4n) is 3.77. The molecule has 3 aromatic rings. The lowest BCUT2D eigenvalue weighted by Gasteiger charge is -2.21. The van der Waals surface area contributed by atoms with Crippen molar-refractivity contribution in [2.45, 2.75) is 25.7 Å². The van der Waals surface area contributed by atoms with Crippen molar-refractivity contribution in [3.8, 4) is 0 Å². The molecule has 0 saturated carbocycles. The van der Waals surface area contributed by atoms with Gasteiger partial charge in [0.05, 0.1) is 10.9 Å². The predicted molar refractivity (Wildman–Crippen MR) is 116 cm³/mol. The second-order valence-electron chi connectivity index (χ2n) is 7.69. The fraction of sp³-hybridized carbons (Fsp3) is 0.304. The van der Waals surface area contributed by atoms with Gasteiger partial charge in [-0.25, -0.2) is 0 Å². The average molecular weight is 421 g/mol. The summed E-state index contributed by atoms with van der Waals surface area (Å²) in [4.78, 5) is 52.3. The van der Waals surface area contributed by atoms with E-state index in [2.05, 4.69) is 5.32 Å². The van der Waals surface area contributed by atoms with E-state index in [1.165, 1.54) is 23.9 Å². The first-order chi connectivity index (χ1) is 14.9. The van der Waals surface area contributed by atoms with Crippen molar-refractivity contribution >= 4 is 28.5 Å². The maximum absolute atomic E-state index is 13.0. The Kier molecular flexibility index (Phi) is 5.70. The molecule has 0 bridgehead atoms. The molecule has 8 nitrogen and oxygen atoms in total. The van der Waals surface area contributed by atoms with Gasteiger partial charge in [0.1, 0.15) is 11.3 Å². The molecule has 8 heteroatoms. The lowest BCUT2D eigenvalue weighted by molar-refractivity contribution is 0.0760. The number of hydrogen-bond acceptors (Lipinski definition) is 5. The van der Waals surface area contributed by atoms with Gasteiger partial charge in [-0.05, 0) is 31.0 Å². The van der Waals surface area contributed by atoms with Crippen LogP contribution in [-0.4, -0.2) is 34.4 Å². The van der Waals surface area contributed by atoms with Crippen LogP contribution < -0.4 is 16.3 Å². The minimum Gasteiger partial charge on any atom is -0.451 e. The standard InChI is InChI=1S/C23H23N3O5/c1-25-14-15(22(29)26-10-6-2-3-7-11-26)12-17(23(25)30)24-21(28)20-13-18(27)16-8-4-5-9-19(16)31-20/h4-5,8-9,12-14H,2-3,6-7,10-11H2,1H3,(H,24,28). The third-order valence-corrected chi connectivity index (χ3v) is 5.43. The summed E-state index contributed by atoms with van der Waals surface area (Å²) in [5.41, 5.74) is -0.282. The molecule has 1 N–H and O–H groups in total. The zero-order chi connectivity index (χ0) is 22.0. The van der Waals surface area contributed by atoms with E-state index in [9.17, 15) is 19.2 Å². The molecule has 0 atom stereocenters. The number of aromatic nitrogens is 1. The van der Waals surface area contributed by atoms with Crippen molar-refractivity contribution in [3.05, 3.63) is 74.5 Å². The Bertz CT molecular complexity index is 1270. The van der Waals surface area contributed by atoms with Crippen LogP contribution in [0.4, 0.5) is 5.69 Å². The number of amides is 2. The van der Waals surface area contributed by atoms with Crippen LogP contribution in [0.1, 0.15) is 46.6 Å². The number of rotatable bonds is 3. The van der Waals surface area contributed by atoms with E-state index in [1.54, 1.807) is 29.2 Å². The van der Waals surface area contributed by atoms with Crippen LogP contribution in [0.3, 0.4) is 0 Å². The molecule has 0 aliphatic carbocycles. The van der Waals surface area contributed by atoms with Crippen molar-refractivity contribution in [1.82, 2.24) is 9.47 Å². The molecule has 31 heavy (non-hydrogen) atoms. The first-order valence-corrected chi connectivity index (χ1v) is 10.3. The number of aryl methyl sites for hydroxylation is 1. The fourth-order valence-corrected chi connectivity index (χ4v) is 3.77. The number of para-hydroxylation sites is 1. The lowest BCUT2D eigenvalue weighted by Crippen LogP contribution is -2.33. The summed E-state index contributed by atoms with van der Waals surface area (Å²) >= 11 is 0. The van der Waals surface area contributed by atoms with Gasteiger partial charge < -0.3 is 19.2 Å². The molecule has 1 aliphatic rings. The molecule has 0 unspecified atom stereocenters. The van der Waals surface area contributed by atoms with Crippen molar-refractivity contribution in [2.75, 3.05) is 18.4 Å². The van der Waals surface area contributed by atoms with Crippen molar-refractivity contribution < 1.29 is 14.0 Å². The molecule has 2 amide bonds. The predicted octanol–water partition coefficient (Wildman–Crippen LogP) is 2.76. The number of carbonyl (C=O) groups is 2. The summed E-state index contributed by atoms with van der Waals surface area (Å²) in [6, 6.07) is 9.07. The van der Waals surface area contributed by atoms with Gasteiger partial charge in [0.25, 0.3) is 17.4 Å². The highest BCUT2D eigenvalue weighted by atomic mass is 16.3. The van der Waals surface area contributed by atoms with E-state index in [1.807, 2.05) is 0 Å². The Morgan fingerprint density at radius 3 is 2.45 bits per heavy atom. The van der Waals surface area contributed by atoms with Gasteiger partial charge >= 0.3 is 0 Å². The van der Waals surface area contributed by atoms with Crippen molar-refractivity contribution in [3.63, 3.8) is 0 Å². The number of pyridine rings is 1. The molecule has 1 saturated heterocycles. The van der Waals surface area contributed by atoms with Gasteiger partial charge in [-0.15, -0.1) is 0 Å². The monoisotopic (exact) mass is 421 g/mol. The number of nitrogens with one attached hydrogen (secondary N) is 1. The first-order valence-electron chi connectivity index (χ1n) is 10.3. The van der Waals surface area contributed by atoms with Crippen LogP contribution in [0.2, 0.25) is 0 Å². The molecule has 1 fully saturated rings. The highest BCUT2D eigenvalue weighted by Crippen LogP contribution is 2.16. The minimum absolute atomic E-state index is 0.0519. The molecule has 1 aliphatic heterocycles. The molecule has 0 radical (unpaired) electrons. The topological polar surface area (TPSA) is 102 Å². The third kappa shape index (κ3) is 4.28. The quantitative estimate of drug-likeness (QED) is 0.701. The third-order valence-electron chi connectivity index (χ3n) is 5.43. The van der Waals surface area contributed by atoms with Gasteiger partial charge in [0, 0.05) is 32.4 Å². The summed E-state index contributed by atoms with van der Waals surface area (Å²) in [6.45, 7) is 1.34. The number of carbonyl (C=O) groups excluding carboxylic acids is 2. The molecular weight excluding hydrogens is 398 g/mol. The smallest absolute Gasteiger partial charge is 0.291 e. The van der Waals surface area contributed by atoms with E-state index < -0.39 is 11.5 Å². The van der Waals surface area contributed by atoms with Crippen LogP contribution >= 0.6 is 0 Å². The highest BCUT2D eigenvalue weighted by molar-refractivity contribution is 6.03. The summed E-state index contributed by atoms with van der Waals surface area (Å²) in [5, 5.41) is 2.86. The van der Waals surface area contributed by atoms with E-state index in [0.29, 0.717) is 24.0 Å². The van der Waals surface area contributed by atoms with Crippen LogP contribution in [0.15, 0.2) is 56.6 Å². The molecule has 160 valence electrons. The van der Waals surface area contributed by atoms with Gasteiger partial charge in [-0.1, -0.05) is 25.0 Å². The molecular formula is C23H23N3O5. The molecule has 2 aromatic heterocycles. The average Bonchev–Trinajstić information content (AvgIpc) is 3.05. The Morgan fingerprint density at radius 1 is 1.00 bits per heavy atom. The SMILES string of the molecule is Cn1cc(C(=O)N2CCCCCC2)cc(NC(=O)c2cc(=O)c3ccccc3o2)c1=O. The normalized spacial score (nSPS) is 14.3. The molecule has 3 heterocycles. The summed E-state index contributed by atoms with van der Waals surface area (Å²) in [7, 11) is 1.52. The van der Waals surface area contributed by atoms with Gasteiger partial charge in [0.15, 0.2) is 11.2 Å². The Hall–Kier alpha value is -3.68. The van der Waals surface area contributed by atoms with Gasteiger partial charge in [0.2, 0.25) is 0 Å². The van der Waals surface area contributed by atoms with Crippen molar-refractivity contribution in [2.24, 2.45) is 7.05 Å². The number of benzene rings is 1. The molecule has 0 spiro atoms. The van der Waals surface area contributed by atoms with E-state index in [0.717, 1.165) is 31.7 Å². The Morgan fingerprint density at radius 2 is 1.71 bits per heavy atom. The second kappa shape index (κ2) is 8.59.